The minimum Gasteiger partial charge on any atom is -0.310 e. The molecule has 2 fully saturated rings. The first-order valence-corrected chi connectivity index (χ1v) is 12.3. The lowest BCUT2D eigenvalue weighted by atomic mass is 9.85. The van der Waals surface area contributed by atoms with E-state index in [0.717, 1.165) is 17.2 Å². The summed E-state index contributed by atoms with van der Waals surface area (Å²) in [6.07, 6.45) is 13.4. The molecular formula is C25H49N4+3. The van der Waals surface area contributed by atoms with Crippen LogP contribution < -0.4 is 0 Å². The first kappa shape index (κ1) is 23.0. The molecule has 29 heavy (non-hydrogen) atoms. The SMILES string of the molecule is CCC[N+]1(C)C=C=[N+](C(C)(C)CC(C)(C)N2CC[N+](C)(C3CCCCCC3)C2)C1. The molecule has 2 heterocycles. The monoisotopic (exact) mass is 405 g/mol. The van der Waals surface area contributed by atoms with Crippen LogP contribution in [0, 0.1) is 0 Å². The Balaban J connectivity index is 1.64. The van der Waals surface area contributed by atoms with E-state index in [1.807, 2.05) is 0 Å². The Morgan fingerprint density at radius 3 is 2.34 bits per heavy atom. The second kappa shape index (κ2) is 8.46. The van der Waals surface area contributed by atoms with Crippen LogP contribution in [-0.2, 0) is 0 Å². The summed E-state index contributed by atoms with van der Waals surface area (Å²) < 4.78 is 4.77. The molecule has 4 nitrogen and oxygen atoms in total. The van der Waals surface area contributed by atoms with Gasteiger partial charge in [0.1, 0.15) is 6.67 Å². The Morgan fingerprint density at radius 1 is 1.07 bits per heavy atom. The molecule has 0 bridgehead atoms. The van der Waals surface area contributed by atoms with Gasteiger partial charge in [-0.3, -0.25) is 0 Å². The fraction of sp³-hybridized carbons (Fsp3) is 0.920. The number of rotatable bonds is 7. The Hall–Kier alpha value is -0.670. The van der Waals surface area contributed by atoms with Crippen molar-refractivity contribution in [1.82, 2.24) is 4.90 Å². The maximum Gasteiger partial charge on any atom is 0.284 e. The van der Waals surface area contributed by atoms with Gasteiger partial charge in [0.2, 0.25) is 12.1 Å². The molecule has 0 spiro atoms. The summed E-state index contributed by atoms with van der Waals surface area (Å²) >= 11 is 0. The Morgan fingerprint density at radius 2 is 1.72 bits per heavy atom. The minimum absolute atomic E-state index is 0.123. The molecule has 3 aliphatic rings. The summed E-state index contributed by atoms with van der Waals surface area (Å²) in [7, 11) is 4.88. The summed E-state index contributed by atoms with van der Waals surface area (Å²) in [5.41, 5.74) is 0.334. The first-order chi connectivity index (χ1) is 13.5. The van der Waals surface area contributed by atoms with Gasteiger partial charge in [0.05, 0.1) is 39.8 Å². The summed E-state index contributed by atoms with van der Waals surface area (Å²) in [4.78, 5) is 2.81. The highest BCUT2D eigenvalue weighted by Crippen LogP contribution is 2.35. The number of quaternary nitrogens is 2. The fourth-order valence-electron chi connectivity index (χ4n) is 6.45. The van der Waals surface area contributed by atoms with Crippen LogP contribution >= 0.6 is 0 Å². The number of nitrogens with zero attached hydrogens (tertiary/aromatic N) is 4. The Bertz CT molecular complexity index is 637. The summed E-state index contributed by atoms with van der Waals surface area (Å²) in [5, 5.41) is 0. The zero-order valence-electron chi connectivity index (χ0n) is 20.6. The van der Waals surface area contributed by atoms with Crippen molar-refractivity contribution in [2.24, 2.45) is 0 Å². The third-order valence-electron chi connectivity index (χ3n) is 8.26. The Kier molecular flexibility index (Phi) is 6.71. The third kappa shape index (κ3) is 5.15. The van der Waals surface area contributed by atoms with Gasteiger partial charge in [0.25, 0.3) is 6.67 Å². The van der Waals surface area contributed by atoms with E-state index < -0.39 is 0 Å². The van der Waals surface area contributed by atoms with Crippen LogP contribution in [0.25, 0.3) is 0 Å². The molecule has 0 aromatic heterocycles. The van der Waals surface area contributed by atoms with Crippen molar-refractivity contribution in [1.29, 1.82) is 0 Å². The first-order valence-electron chi connectivity index (χ1n) is 12.3. The van der Waals surface area contributed by atoms with E-state index in [1.165, 1.54) is 82.2 Å². The number of hydrogen-bond donors (Lipinski definition) is 0. The van der Waals surface area contributed by atoms with Crippen molar-refractivity contribution in [2.75, 3.05) is 47.1 Å². The van der Waals surface area contributed by atoms with E-state index in [9.17, 15) is 0 Å². The van der Waals surface area contributed by atoms with Crippen LogP contribution in [-0.4, -0.2) is 88.5 Å². The molecule has 0 aromatic carbocycles. The zero-order valence-corrected chi connectivity index (χ0v) is 20.6. The molecule has 2 unspecified atom stereocenters. The van der Waals surface area contributed by atoms with Crippen molar-refractivity contribution >= 4 is 5.87 Å². The van der Waals surface area contributed by atoms with E-state index in [-0.39, 0.29) is 11.1 Å². The quantitative estimate of drug-likeness (QED) is 0.346. The van der Waals surface area contributed by atoms with Gasteiger partial charge in [-0.1, -0.05) is 19.8 Å². The molecule has 1 saturated carbocycles. The minimum atomic E-state index is 0.123. The molecule has 0 radical (unpaired) electrons. The maximum absolute atomic E-state index is 3.62. The highest BCUT2D eigenvalue weighted by molar-refractivity contribution is 5.44. The molecule has 0 amide bonds. The normalized spacial score (nSPS) is 32.6. The molecule has 1 aliphatic carbocycles. The van der Waals surface area contributed by atoms with Gasteiger partial charge in [0.15, 0.2) is 5.54 Å². The largest absolute Gasteiger partial charge is 0.310 e. The molecular weight excluding hydrogens is 356 g/mol. The van der Waals surface area contributed by atoms with Gasteiger partial charge < -0.3 is 4.48 Å². The number of likely N-dealkylation sites (N-methyl/N-ethyl adjacent to an activating group) is 1. The van der Waals surface area contributed by atoms with Crippen LogP contribution in [0.5, 0.6) is 0 Å². The van der Waals surface area contributed by atoms with Crippen molar-refractivity contribution in [3.05, 3.63) is 6.20 Å². The fourth-order valence-corrected chi connectivity index (χ4v) is 6.45. The predicted octanol–water partition coefficient (Wildman–Crippen LogP) is 4.40. The van der Waals surface area contributed by atoms with Crippen molar-refractivity contribution in [3.8, 4) is 0 Å². The van der Waals surface area contributed by atoms with E-state index in [1.54, 1.807) is 0 Å². The van der Waals surface area contributed by atoms with Crippen LogP contribution in [0.4, 0.5) is 0 Å². The van der Waals surface area contributed by atoms with Gasteiger partial charge in [-0.2, -0.15) is 0 Å². The highest BCUT2D eigenvalue weighted by atomic mass is 15.5. The van der Waals surface area contributed by atoms with Gasteiger partial charge in [0, 0.05) is 25.8 Å². The second-order valence-electron chi connectivity index (χ2n) is 12.1. The topological polar surface area (TPSA) is 6.25 Å². The molecule has 2 aliphatic heterocycles. The molecule has 0 aromatic rings. The summed E-state index contributed by atoms with van der Waals surface area (Å²) in [6, 6.07) is 0.883. The van der Waals surface area contributed by atoms with E-state index in [2.05, 4.69) is 70.3 Å². The molecule has 166 valence electrons. The molecule has 3 rings (SSSR count). The number of hydrogen-bond acceptors (Lipinski definition) is 1. The van der Waals surface area contributed by atoms with Crippen LogP contribution in [0.15, 0.2) is 6.20 Å². The van der Waals surface area contributed by atoms with Crippen LogP contribution in [0.2, 0.25) is 0 Å². The maximum atomic E-state index is 3.62. The molecule has 0 N–H and O–H groups in total. The molecule has 4 heteroatoms. The smallest absolute Gasteiger partial charge is 0.284 e. The predicted molar refractivity (Wildman–Crippen MR) is 123 cm³/mol. The van der Waals surface area contributed by atoms with E-state index >= 15 is 0 Å². The summed E-state index contributed by atoms with van der Waals surface area (Å²) in [6.45, 7) is 18.2. The van der Waals surface area contributed by atoms with Crippen molar-refractivity contribution in [2.45, 2.75) is 103 Å². The third-order valence-corrected chi connectivity index (χ3v) is 8.26. The summed E-state index contributed by atoms with van der Waals surface area (Å²) in [5.74, 6) is 3.62. The lowest BCUT2D eigenvalue weighted by Crippen LogP contribution is -2.56. The molecule has 2 atom stereocenters. The zero-order chi connectivity index (χ0) is 21.3. The van der Waals surface area contributed by atoms with Crippen molar-refractivity contribution in [3.63, 3.8) is 0 Å². The average Bonchev–Trinajstić information content (AvgIpc) is 3.10. The van der Waals surface area contributed by atoms with E-state index in [0.29, 0.717) is 0 Å². The average molecular weight is 406 g/mol. The van der Waals surface area contributed by atoms with Crippen LogP contribution in [0.3, 0.4) is 0 Å². The second-order valence-corrected chi connectivity index (χ2v) is 12.1. The Labute approximate surface area is 181 Å². The van der Waals surface area contributed by atoms with E-state index in [4.69, 9.17) is 0 Å². The molecule has 1 saturated heterocycles. The van der Waals surface area contributed by atoms with Gasteiger partial charge in [-0.05, 0) is 46.0 Å². The van der Waals surface area contributed by atoms with Gasteiger partial charge >= 0.3 is 0 Å². The van der Waals surface area contributed by atoms with Gasteiger partial charge in [-0.15, -0.1) is 4.58 Å². The van der Waals surface area contributed by atoms with Crippen molar-refractivity contribution < 1.29 is 13.5 Å². The van der Waals surface area contributed by atoms with Gasteiger partial charge in [-0.25, -0.2) is 9.38 Å². The lowest BCUT2D eigenvalue weighted by Gasteiger charge is -2.42. The lowest BCUT2D eigenvalue weighted by molar-refractivity contribution is -0.938. The standard InChI is InChI=1S/C25H49N4/c1-8-17-28(6)18-15-26(21-28)24(2,3)20-25(4,5)27-16-19-29(7,22-27)23-13-11-9-10-12-14-23/h18,23H,8-14,16-17,19-22H2,1-7H3/q+3. The highest BCUT2D eigenvalue weighted by Gasteiger charge is 2.49. The van der Waals surface area contributed by atoms with Crippen LogP contribution in [0.1, 0.15) is 86.0 Å².